The minimum atomic E-state index is -1.37. The van der Waals surface area contributed by atoms with Crippen LogP contribution in [-0.2, 0) is 26.5 Å². The zero-order valence-corrected chi connectivity index (χ0v) is 42.1. The third-order valence-electron chi connectivity index (χ3n) is 11.9. The Balaban J connectivity index is 0.000000222. The summed E-state index contributed by atoms with van der Waals surface area (Å²) in [5.74, 6) is 0.777. The van der Waals surface area contributed by atoms with Crippen LogP contribution in [0.1, 0.15) is 43.2 Å². The molecule has 0 aliphatic rings. The van der Waals surface area contributed by atoms with Crippen LogP contribution in [0, 0.1) is 38.3 Å². The Bertz CT molecular complexity index is 3230. The number of aryl methyl sites for hydroxylation is 3. The van der Waals surface area contributed by atoms with Crippen LogP contribution in [0.4, 0.5) is 0 Å². The molecule has 327 valence electrons. The van der Waals surface area contributed by atoms with Crippen LogP contribution >= 0.6 is 0 Å². The fourth-order valence-corrected chi connectivity index (χ4v) is 10.3. The molecular formula is C58H54IrN4OSi-2. The van der Waals surface area contributed by atoms with Crippen LogP contribution in [0.5, 0.6) is 0 Å². The summed E-state index contributed by atoms with van der Waals surface area (Å²) in [7, 11) is -1.37. The molecule has 4 heterocycles. The van der Waals surface area contributed by atoms with Gasteiger partial charge in [-0.15, -0.1) is 53.6 Å². The van der Waals surface area contributed by atoms with Crippen molar-refractivity contribution in [2.75, 3.05) is 0 Å². The average molecular weight is 1040 g/mol. The van der Waals surface area contributed by atoms with Gasteiger partial charge in [-0.2, -0.15) is 0 Å². The molecule has 10 aromatic rings. The third-order valence-corrected chi connectivity index (χ3v) is 14.0. The number of imidazole rings is 1. The van der Waals surface area contributed by atoms with Crippen molar-refractivity contribution in [2.24, 2.45) is 5.41 Å². The number of rotatable bonds is 7. The summed E-state index contributed by atoms with van der Waals surface area (Å²) in [6, 6.07) is 57.4. The zero-order valence-electron chi connectivity index (χ0n) is 38.7. The van der Waals surface area contributed by atoms with E-state index < -0.39 is 8.07 Å². The number of benzene rings is 6. The van der Waals surface area contributed by atoms with Gasteiger partial charge in [0.25, 0.3) is 0 Å². The minimum Gasteiger partial charge on any atom is -0.486 e. The van der Waals surface area contributed by atoms with Gasteiger partial charge in [-0.05, 0) is 71.5 Å². The number of furan rings is 1. The Hall–Kier alpha value is -6.24. The topological polar surface area (TPSA) is 56.7 Å². The molecule has 0 atom stereocenters. The van der Waals surface area contributed by atoms with E-state index in [4.69, 9.17) is 19.4 Å². The second-order valence-corrected chi connectivity index (χ2v) is 24.1. The molecule has 10 rings (SSSR count). The second-order valence-electron chi connectivity index (χ2n) is 19.1. The first-order valence-corrected chi connectivity index (χ1v) is 25.7. The van der Waals surface area contributed by atoms with E-state index in [1.165, 1.54) is 10.8 Å². The Kier molecular flexibility index (Phi) is 12.8. The van der Waals surface area contributed by atoms with Crippen molar-refractivity contribution >= 4 is 46.4 Å². The maximum atomic E-state index is 6.58. The Morgan fingerprint density at radius 2 is 1.34 bits per heavy atom. The molecular weight excluding hydrogens is 989 g/mol. The molecule has 7 heteroatoms. The SMILES string of the molecule is CC(C)(C)Cc1cc(-c2[c-]cccc2)ncc1[Si](C)(C)C.Cc1cc2c(nc1C)oc1c(-c3nc4ccccc4n3-c3c(-c4ccccc4)cccc3-c3ccccc3)[c-]cc(C)c12.[Ir]. The van der Waals surface area contributed by atoms with E-state index in [2.05, 4.69) is 192 Å². The summed E-state index contributed by atoms with van der Waals surface area (Å²) < 4.78 is 8.86. The summed E-state index contributed by atoms with van der Waals surface area (Å²) in [5, 5.41) is 3.55. The van der Waals surface area contributed by atoms with E-state index in [1.54, 1.807) is 0 Å². The van der Waals surface area contributed by atoms with Gasteiger partial charge in [0.2, 0.25) is 5.71 Å². The first-order chi connectivity index (χ1) is 30.7. The fraction of sp³-hybridized carbons (Fsp3) is 0.190. The van der Waals surface area contributed by atoms with E-state index >= 15 is 0 Å². The quantitative estimate of drug-likeness (QED) is 0.118. The fourth-order valence-electron chi connectivity index (χ4n) is 8.76. The van der Waals surface area contributed by atoms with E-state index in [9.17, 15) is 0 Å². The molecule has 5 nitrogen and oxygen atoms in total. The van der Waals surface area contributed by atoms with Gasteiger partial charge in [0, 0.05) is 48.5 Å². The number of aromatic nitrogens is 4. The zero-order chi connectivity index (χ0) is 44.8. The average Bonchev–Trinajstić information content (AvgIpc) is 3.85. The Morgan fingerprint density at radius 3 is 1.97 bits per heavy atom. The molecule has 0 saturated heterocycles. The Labute approximate surface area is 398 Å². The maximum absolute atomic E-state index is 6.58. The molecule has 0 N–H and O–H groups in total. The summed E-state index contributed by atoms with van der Waals surface area (Å²) in [6.45, 7) is 20.3. The van der Waals surface area contributed by atoms with Crippen molar-refractivity contribution in [3.05, 3.63) is 186 Å². The van der Waals surface area contributed by atoms with Gasteiger partial charge in [0.05, 0.1) is 36.2 Å². The van der Waals surface area contributed by atoms with E-state index in [0.29, 0.717) is 5.71 Å². The van der Waals surface area contributed by atoms with Crippen molar-refractivity contribution in [1.82, 2.24) is 19.5 Å². The molecule has 0 saturated carbocycles. The predicted octanol–water partition coefficient (Wildman–Crippen LogP) is 14.7. The number of para-hydroxylation sites is 3. The van der Waals surface area contributed by atoms with Gasteiger partial charge >= 0.3 is 0 Å². The monoisotopic (exact) mass is 1040 g/mol. The van der Waals surface area contributed by atoms with Gasteiger partial charge in [0.1, 0.15) is 0 Å². The number of hydrogen-bond acceptors (Lipinski definition) is 4. The largest absolute Gasteiger partial charge is 0.486 e. The summed E-state index contributed by atoms with van der Waals surface area (Å²) in [6.07, 6.45) is 3.21. The van der Waals surface area contributed by atoms with Gasteiger partial charge in [-0.25, -0.2) is 4.98 Å². The summed E-state index contributed by atoms with van der Waals surface area (Å²) in [4.78, 5) is 14.8. The summed E-state index contributed by atoms with van der Waals surface area (Å²) >= 11 is 0. The van der Waals surface area contributed by atoms with Gasteiger partial charge < -0.3 is 14.0 Å². The standard InChI is InChI=1S/C39H28N3O.C19H26NSi.Ir/c1-24-21-22-31(37-35(24)32-23-25(2)26(3)40-39(32)43-37)38-41-33-19-10-11-20-34(33)42(38)36-29(27-13-6-4-7-14-27)17-12-18-30(36)28-15-8-5-9-16-28;1-19(2,3)13-16-12-17(15-10-8-7-9-11-15)20-14-18(16)21(4,5)6;/h4-21,23H,1-3H3;7-10,12,14H,13H2,1-6H3;/q2*-1;. The molecule has 0 unspecified atom stereocenters. The van der Waals surface area contributed by atoms with E-state index in [0.717, 1.165) is 101 Å². The van der Waals surface area contributed by atoms with Crippen LogP contribution in [0.3, 0.4) is 0 Å². The molecule has 0 aliphatic heterocycles. The molecule has 4 aromatic heterocycles. The van der Waals surface area contributed by atoms with Crippen LogP contribution in [0.25, 0.3) is 83.7 Å². The predicted molar refractivity (Wildman–Crippen MR) is 270 cm³/mol. The van der Waals surface area contributed by atoms with Crippen LogP contribution in [0.2, 0.25) is 19.6 Å². The molecule has 1 radical (unpaired) electrons. The molecule has 0 aliphatic carbocycles. The molecule has 65 heavy (non-hydrogen) atoms. The van der Waals surface area contributed by atoms with Gasteiger partial charge in [0.15, 0.2) is 0 Å². The van der Waals surface area contributed by atoms with Crippen LogP contribution < -0.4 is 5.19 Å². The van der Waals surface area contributed by atoms with Gasteiger partial charge in [-0.1, -0.05) is 161 Å². The number of pyridine rings is 2. The first-order valence-electron chi connectivity index (χ1n) is 22.2. The number of fused-ring (bicyclic) bond motifs is 4. The van der Waals surface area contributed by atoms with Crippen molar-refractivity contribution < 1.29 is 24.5 Å². The Morgan fingerprint density at radius 1 is 0.692 bits per heavy atom. The van der Waals surface area contributed by atoms with Crippen molar-refractivity contribution in [3.63, 3.8) is 0 Å². The van der Waals surface area contributed by atoms with Crippen molar-refractivity contribution in [1.29, 1.82) is 0 Å². The summed E-state index contributed by atoms with van der Waals surface area (Å²) in [5.41, 5.74) is 16.8. The second kappa shape index (κ2) is 18.3. The third kappa shape index (κ3) is 9.19. The molecule has 0 fully saturated rings. The molecule has 0 bridgehead atoms. The number of hydrogen-bond donors (Lipinski definition) is 0. The minimum absolute atomic E-state index is 0. The van der Waals surface area contributed by atoms with Crippen molar-refractivity contribution in [3.8, 4) is 50.6 Å². The van der Waals surface area contributed by atoms with E-state index in [-0.39, 0.29) is 25.5 Å². The van der Waals surface area contributed by atoms with Crippen LogP contribution in [-0.4, -0.2) is 27.6 Å². The van der Waals surface area contributed by atoms with E-state index in [1.807, 2.05) is 37.3 Å². The molecule has 0 spiro atoms. The first kappa shape index (κ1) is 45.3. The maximum Gasteiger partial charge on any atom is 0.216 e. The van der Waals surface area contributed by atoms with Crippen LogP contribution in [0.15, 0.2) is 156 Å². The number of nitrogens with zero attached hydrogens (tertiary/aromatic N) is 4. The molecule has 0 amide bonds. The normalized spacial score (nSPS) is 11.7. The smallest absolute Gasteiger partial charge is 0.216 e. The van der Waals surface area contributed by atoms with Gasteiger partial charge in [-0.3, -0.25) is 4.98 Å². The molecule has 6 aromatic carbocycles. The van der Waals surface area contributed by atoms with Crippen molar-refractivity contribution in [2.45, 2.75) is 67.6 Å².